The molecule has 2 rings (SSSR count). The van der Waals surface area contributed by atoms with Gasteiger partial charge in [-0.15, -0.1) is 0 Å². The third-order valence-corrected chi connectivity index (χ3v) is 2.62. The summed E-state index contributed by atoms with van der Waals surface area (Å²) in [7, 11) is 0. The van der Waals surface area contributed by atoms with Crippen LogP contribution in [0.15, 0.2) is 12.1 Å². The molecular formula is C11H11F2N3O2. The summed E-state index contributed by atoms with van der Waals surface area (Å²) < 4.78 is 26.6. The quantitative estimate of drug-likeness (QED) is 0.658. The lowest BCUT2D eigenvalue weighted by Gasteiger charge is -2.11. The van der Waals surface area contributed by atoms with Crippen LogP contribution in [0.2, 0.25) is 0 Å². The van der Waals surface area contributed by atoms with Crippen molar-refractivity contribution < 1.29 is 18.4 Å². The molecule has 0 aliphatic carbocycles. The molecule has 0 spiro atoms. The summed E-state index contributed by atoms with van der Waals surface area (Å²) in [6.07, 6.45) is 0.123. The molecule has 1 unspecified atom stereocenters. The Labute approximate surface area is 101 Å². The van der Waals surface area contributed by atoms with Gasteiger partial charge in [-0.2, -0.15) is 0 Å². The summed E-state index contributed by atoms with van der Waals surface area (Å²) in [5.74, 6) is -2.74. The lowest BCUT2D eigenvalue weighted by molar-refractivity contribution is -0.119. The highest BCUT2D eigenvalue weighted by Gasteiger charge is 2.25. The van der Waals surface area contributed by atoms with Crippen molar-refractivity contribution in [1.82, 2.24) is 10.6 Å². The van der Waals surface area contributed by atoms with Crippen molar-refractivity contribution in [1.29, 1.82) is 0 Å². The summed E-state index contributed by atoms with van der Waals surface area (Å²) in [6.45, 7) is 0.275. The van der Waals surface area contributed by atoms with E-state index < -0.39 is 34.8 Å². The van der Waals surface area contributed by atoms with Crippen LogP contribution in [-0.4, -0.2) is 24.4 Å². The number of hydrogen-bond donors (Lipinski definition) is 3. The zero-order valence-electron chi connectivity index (χ0n) is 9.30. The first-order chi connectivity index (χ1) is 8.47. The average molecular weight is 255 g/mol. The Morgan fingerprint density at radius 2 is 2.17 bits per heavy atom. The number of anilines is 1. The summed E-state index contributed by atoms with van der Waals surface area (Å²) >= 11 is 0. The number of amides is 2. The van der Waals surface area contributed by atoms with Gasteiger partial charge < -0.3 is 16.4 Å². The number of benzene rings is 1. The minimum absolute atomic E-state index is 0.123. The van der Waals surface area contributed by atoms with E-state index in [0.717, 1.165) is 12.1 Å². The van der Waals surface area contributed by atoms with Crippen molar-refractivity contribution in [3.05, 3.63) is 29.3 Å². The monoisotopic (exact) mass is 255 g/mol. The number of nitrogen functional groups attached to an aromatic ring is 1. The molecule has 96 valence electrons. The van der Waals surface area contributed by atoms with Crippen LogP contribution >= 0.6 is 0 Å². The summed E-state index contributed by atoms with van der Waals surface area (Å²) in [5, 5.41) is 4.95. The van der Waals surface area contributed by atoms with Gasteiger partial charge in [-0.1, -0.05) is 0 Å². The van der Waals surface area contributed by atoms with E-state index in [0.29, 0.717) is 0 Å². The van der Waals surface area contributed by atoms with Crippen LogP contribution in [0.25, 0.3) is 0 Å². The molecule has 18 heavy (non-hydrogen) atoms. The Bertz CT molecular complexity index is 519. The number of nitrogens with two attached hydrogens (primary N) is 1. The van der Waals surface area contributed by atoms with Crippen molar-refractivity contribution in [2.75, 3.05) is 12.3 Å². The van der Waals surface area contributed by atoms with Gasteiger partial charge in [0.1, 0.15) is 5.82 Å². The lowest BCUT2D eigenvalue weighted by Crippen LogP contribution is -2.36. The Morgan fingerprint density at radius 3 is 2.78 bits per heavy atom. The molecule has 1 aromatic rings. The molecule has 1 fully saturated rings. The molecule has 1 aliphatic heterocycles. The molecule has 4 N–H and O–H groups in total. The molecule has 1 atom stereocenters. The van der Waals surface area contributed by atoms with Crippen molar-refractivity contribution in [2.45, 2.75) is 12.5 Å². The zero-order chi connectivity index (χ0) is 13.3. The van der Waals surface area contributed by atoms with Crippen LogP contribution in [0.5, 0.6) is 0 Å². The maximum atomic E-state index is 13.5. The van der Waals surface area contributed by atoms with Crippen molar-refractivity contribution in [2.24, 2.45) is 0 Å². The minimum Gasteiger partial charge on any atom is -0.396 e. The molecule has 0 aromatic heterocycles. The number of rotatable bonds is 2. The first kappa shape index (κ1) is 12.3. The van der Waals surface area contributed by atoms with E-state index in [2.05, 4.69) is 10.6 Å². The van der Waals surface area contributed by atoms with Gasteiger partial charge in [0.05, 0.1) is 17.3 Å². The number of halogens is 2. The number of carbonyl (C=O) groups excluding carboxylic acids is 2. The third-order valence-electron chi connectivity index (χ3n) is 2.62. The Morgan fingerprint density at radius 1 is 1.44 bits per heavy atom. The number of carbonyl (C=O) groups is 2. The second-order valence-electron chi connectivity index (χ2n) is 4.04. The van der Waals surface area contributed by atoms with E-state index in [9.17, 15) is 18.4 Å². The Hall–Kier alpha value is -2.18. The molecule has 0 radical (unpaired) electrons. The minimum atomic E-state index is -0.966. The Kier molecular flexibility index (Phi) is 3.14. The van der Waals surface area contributed by atoms with E-state index in [4.69, 9.17) is 5.73 Å². The second-order valence-corrected chi connectivity index (χ2v) is 4.04. The van der Waals surface area contributed by atoms with Crippen LogP contribution in [0.1, 0.15) is 16.8 Å². The fourth-order valence-electron chi connectivity index (χ4n) is 1.75. The molecule has 1 heterocycles. The standard InChI is InChI=1S/C11H11F2N3O2/c12-5-1-7(10(13)8(14)2-5)11(18)16-6-3-9(17)15-4-6/h1-2,6H,3-4,14H2,(H,15,17)(H,16,18). The fraction of sp³-hybridized carbons (Fsp3) is 0.273. The molecule has 7 heteroatoms. The topological polar surface area (TPSA) is 84.2 Å². The SMILES string of the molecule is Nc1cc(F)cc(C(=O)NC2CNC(=O)C2)c1F. The number of hydrogen-bond acceptors (Lipinski definition) is 3. The van der Waals surface area contributed by atoms with E-state index in [1.54, 1.807) is 0 Å². The van der Waals surface area contributed by atoms with Crippen molar-refractivity contribution >= 4 is 17.5 Å². The highest BCUT2D eigenvalue weighted by molar-refractivity contribution is 5.96. The largest absolute Gasteiger partial charge is 0.396 e. The van der Waals surface area contributed by atoms with Gasteiger partial charge >= 0.3 is 0 Å². The van der Waals surface area contributed by atoms with Crippen LogP contribution in [0.4, 0.5) is 14.5 Å². The number of nitrogens with one attached hydrogen (secondary N) is 2. The van der Waals surface area contributed by atoms with Gasteiger partial charge in [-0.25, -0.2) is 8.78 Å². The van der Waals surface area contributed by atoms with E-state index >= 15 is 0 Å². The average Bonchev–Trinajstić information content (AvgIpc) is 2.69. The second kappa shape index (κ2) is 4.59. The third kappa shape index (κ3) is 2.39. The van der Waals surface area contributed by atoms with Gasteiger partial charge in [0.15, 0.2) is 5.82 Å². The van der Waals surface area contributed by atoms with E-state index in [1.165, 1.54) is 0 Å². The molecular weight excluding hydrogens is 244 g/mol. The normalized spacial score (nSPS) is 18.6. The molecule has 1 saturated heterocycles. The zero-order valence-corrected chi connectivity index (χ0v) is 9.30. The maximum Gasteiger partial charge on any atom is 0.254 e. The highest BCUT2D eigenvalue weighted by atomic mass is 19.1. The van der Waals surface area contributed by atoms with Gasteiger partial charge in [-0.3, -0.25) is 9.59 Å². The first-order valence-electron chi connectivity index (χ1n) is 5.29. The molecule has 1 aliphatic rings. The summed E-state index contributed by atoms with van der Waals surface area (Å²) in [4.78, 5) is 22.7. The predicted molar refractivity (Wildman–Crippen MR) is 59.7 cm³/mol. The van der Waals surface area contributed by atoms with E-state index in [1.807, 2.05) is 0 Å². The molecule has 0 bridgehead atoms. The van der Waals surface area contributed by atoms with Crippen molar-refractivity contribution in [3.63, 3.8) is 0 Å². The van der Waals surface area contributed by atoms with Gasteiger partial charge in [0.2, 0.25) is 5.91 Å². The molecule has 5 nitrogen and oxygen atoms in total. The summed E-state index contributed by atoms with van der Waals surface area (Å²) in [6, 6.07) is 1.15. The van der Waals surface area contributed by atoms with Gasteiger partial charge in [-0.05, 0) is 12.1 Å². The molecule has 2 amide bonds. The molecule has 0 saturated carbocycles. The fourth-order valence-corrected chi connectivity index (χ4v) is 1.75. The maximum absolute atomic E-state index is 13.5. The highest BCUT2D eigenvalue weighted by Crippen LogP contribution is 2.17. The first-order valence-corrected chi connectivity index (χ1v) is 5.29. The molecule has 1 aromatic carbocycles. The van der Waals surface area contributed by atoms with Crippen LogP contribution in [0, 0.1) is 11.6 Å². The summed E-state index contributed by atoms with van der Waals surface area (Å²) in [5.41, 5.74) is 4.33. The van der Waals surface area contributed by atoms with Crippen LogP contribution in [-0.2, 0) is 4.79 Å². The smallest absolute Gasteiger partial charge is 0.254 e. The van der Waals surface area contributed by atoms with Crippen LogP contribution in [0.3, 0.4) is 0 Å². The Balaban J connectivity index is 2.16. The van der Waals surface area contributed by atoms with E-state index in [-0.39, 0.29) is 18.9 Å². The predicted octanol–water partition coefficient (Wildman–Crippen LogP) is 0.165. The van der Waals surface area contributed by atoms with Gasteiger partial charge in [0.25, 0.3) is 5.91 Å². The van der Waals surface area contributed by atoms with Gasteiger partial charge in [0, 0.05) is 13.0 Å². The van der Waals surface area contributed by atoms with Crippen molar-refractivity contribution in [3.8, 4) is 0 Å². The van der Waals surface area contributed by atoms with Crippen LogP contribution < -0.4 is 16.4 Å². The lowest BCUT2D eigenvalue weighted by atomic mass is 10.1.